The van der Waals surface area contributed by atoms with Crippen LogP contribution in [0.25, 0.3) is 0 Å². The molecule has 1 N–H and O–H groups in total. The molecular formula is C21H21F3N2O2. The largest absolute Gasteiger partial charge is 0.416 e. The predicted molar refractivity (Wildman–Crippen MR) is 101 cm³/mol. The van der Waals surface area contributed by atoms with Gasteiger partial charge in [-0.05, 0) is 50.1 Å². The Labute approximate surface area is 161 Å². The first kappa shape index (κ1) is 19.9. The van der Waals surface area contributed by atoms with Crippen LogP contribution in [0.2, 0.25) is 0 Å². The van der Waals surface area contributed by atoms with Gasteiger partial charge in [0.1, 0.15) is 0 Å². The van der Waals surface area contributed by atoms with Crippen LogP contribution in [0.3, 0.4) is 0 Å². The Hall–Kier alpha value is -2.83. The van der Waals surface area contributed by atoms with Crippen LogP contribution in [-0.4, -0.2) is 18.4 Å². The van der Waals surface area contributed by atoms with Crippen LogP contribution in [-0.2, 0) is 15.8 Å². The summed E-state index contributed by atoms with van der Waals surface area (Å²) in [5.74, 6) is -1.29. The van der Waals surface area contributed by atoms with Crippen molar-refractivity contribution in [3.8, 4) is 0 Å². The maximum absolute atomic E-state index is 12.9. The number of halogens is 3. The van der Waals surface area contributed by atoms with Gasteiger partial charge in [0.25, 0.3) is 0 Å². The molecule has 1 heterocycles. The number of hydrogen-bond acceptors (Lipinski definition) is 2. The number of benzene rings is 2. The molecule has 28 heavy (non-hydrogen) atoms. The summed E-state index contributed by atoms with van der Waals surface area (Å²) >= 11 is 0. The molecule has 0 aliphatic carbocycles. The fourth-order valence-corrected chi connectivity index (χ4v) is 3.59. The maximum Gasteiger partial charge on any atom is 0.416 e. The number of nitrogens with one attached hydrogen (secondary N) is 1. The summed E-state index contributed by atoms with van der Waals surface area (Å²) in [5.41, 5.74) is 2.96. The molecule has 1 aliphatic rings. The van der Waals surface area contributed by atoms with Gasteiger partial charge in [0.15, 0.2) is 0 Å². The van der Waals surface area contributed by atoms with Gasteiger partial charge in [-0.1, -0.05) is 23.8 Å². The highest BCUT2D eigenvalue weighted by molar-refractivity contribution is 6.04. The van der Waals surface area contributed by atoms with Crippen molar-refractivity contribution in [3.63, 3.8) is 0 Å². The average Bonchev–Trinajstić information content (AvgIpc) is 2.99. The molecule has 0 spiro atoms. The quantitative estimate of drug-likeness (QED) is 0.831. The van der Waals surface area contributed by atoms with E-state index in [0.29, 0.717) is 5.69 Å². The normalized spacial score (nSPS) is 17.1. The average molecular weight is 390 g/mol. The second-order valence-electron chi connectivity index (χ2n) is 7.22. The summed E-state index contributed by atoms with van der Waals surface area (Å²) in [6, 6.07) is 8.51. The minimum Gasteiger partial charge on any atom is -0.325 e. The molecule has 0 saturated carbocycles. The van der Waals surface area contributed by atoms with Gasteiger partial charge in [-0.15, -0.1) is 0 Å². The Morgan fingerprint density at radius 2 is 1.75 bits per heavy atom. The van der Waals surface area contributed by atoms with Crippen molar-refractivity contribution >= 4 is 23.2 Å². The summed E-state index contributed by atoms with van der Waals surface area (Å²) < 4.78 is 38.8. The molecule has 1 atom stereocenters. The van der Waals surface area contributed by atoms with E-state index < -0.39 is 17.7 Å². The minimum atomic E-state index is -4.49. The van der Waals surface area contributed by atoms with Crippen molar-refractivity contribution in [2.45, 2.75) is 33.4 Å². The number of rotatable bonds is 3. The van der Waals surface area contributed by atoms with Gasteiger partial charge in [-0.25, -0.2) is 0 Å². The zero-order valence-electron chi connectivity index (χ0n) is 15.9. The van der Waals surface area contributed by atoms with Gasteiger partial charge in [0.05, 0.1) is 11.5 Å². The van der Waals surface area contributed by atoms with E-state index in [2.05, 4.69) is 5.32 Å². The van der Waals surface area contributed by atoms with Crippen LogP contribution >= 0.6 is 0 Å². The highest BCUT2D eigenvalue weighted by atomic mass is 19.4. The summed E-state index contributed by atoms with van der Waals surface area (Å²) in [4.78, 5) is 26.3. The van der Waals surface area contributed by atoms with E-state index in [-0.39, 0.29) is 30.5 Å². The molecule has 2 aromatic rings. The lowest BCUT2D eigenvalue weighted by atomic mass is 10.0. The number of aryl methyl sites for hydroxylation is 3. The standard InChI is InChI=1S/C21H21F3N2O2/c1-12-7-13(2)19(14(3)8-12)25-20(28)15-9-18(27)26(11-15)17-6-4-5-16(10-17)21(22,23)24/h4-8,10,15H,9,11H2,1-3H3,(H,25,28). The van der Waals surface area contributed by atoms with Crippen LogP contribution in [0.4, 0.5) is 24.5 Å². The van der Waals surface area contributed by atoms with E-state index in [1.54, 1.807) is 0 Å². The van der Waals surface area contributed by atoms with Crippen LogP contribution in [0.5, 0.6) is 0 Å². The molecule has 1 fully saturated rings. The lowest BCUT2D eigenvalue weighted by molar-refractivity contribution is -0.137. The molecule has 7 heteroatoms. The Balaban J connectivity index is 1.77. The fourth-order valence-electron chi connectivity index (χ4n) is 3.59. The van der Waals surface area contributed by atoms with E-state index in [0.717, 1.165) is 28.8 Å². The fraction of sp³-hybridized carbons (Fsp3) is 0.333. The summed E-state index contributed by atoms with van der Waals surface area (Å²) in [6.07, 6.45) is -4.53. The smallest absolute Gasteiger partial charge is 0.325 e. The third-order valence-electron chi connectivity index (χ3n) is 4.91. The van der Waals surface area contributed by atoms with Gasteiger partial charge in [-0.3, -0.25) is 9.59 Å². The maximum atomic E-state index is 12.9. The van der Waals surface area contributed by atoms with Crippen molar-refractivity contribution in [2.24, 2.45) is 5.92 Å². The van der Waals surface area contributed by atoms with Crippen LogP contribution in [0.15, 0.2) is 36.4 Å². The van der Waals surface area contributed by atoms with Gasteiger partial charge in [0.2, 0.25) is 11.8 Å². The molecule has 0 bridgehead atoms. The second kappa shape index (κ2) is 7.30. The second-order valence-corrected chi connectivity index (χ2v) is 7.22. The molecule has 1 unspecified atom stereocenters. The van der Waals surface area contributed by atoms with Crippen molar-refractivity contribution in [1.29, 1.82) is 0 Å². The Morgan fingerprint density at radius 1 is 1.11 bits per heavy atom. The molecule has 1 saturated heterocycles. The molecule has 3 rings (SSSR count). The van der Waals surface area contributed by atoms with Gasteiger partial charge < -0.3 is 10.2 Å². The number of alkyl halides is 3. The van der Waals surface area contributed by atoms with Crippen molar-refractivity contribution in [2.75, 3.05) is 16.8 Å². The first-order valence-corrected chi connectivity index (χ1v) is 8.92. The molecule has 2 amide bonds. The highest BCUT2D eigenvalue weighted by Gasteiger charge is 2.37. The van der Waals surface area contributed by atoms with Gasteiger partial charge in [0, 0.05) is 24.3 Å². The van der Waals surface area contributed by atoms with Gasteiger partial charge in [-0.2, -0.15) is 13.2 Å². The molecule has 148 valence electrons. The summed E-state index contributed by atoms with van der Waals surface area (Å²) in [6.45, 7) is 5.80. The predicted octanol–water partition coefficient (Wildman–Crippen LogP) is 4.62. The molecular weight excluding hydrogens is 369 g/mol. The zero-order valence-corrected chi connectivity index (χ0v) is 15.9. The van der Waals surface area contributed by atoms with Crippen LogP contribution in [0.1, 0.15) is 28.7 Å². The number of carbonyl (C=O) groups excluding carboxylic acids is 2. The number of hydrogen-bond donors (Lipinski definition) is 1. The molecule has 2 aromatic carbocycles. The van der Waals surface area contributed by atoms with E-state index in [1.807, 2.05) is 32.9 Å². The third kappa shape index (κ3) is 4.03. The van der Waals surface area contributed by atoms with Crippen LogP contribution in [0, 0.1) is 26.7 Å². The molecule has 0 aromatic heterocycles. The topological polar surface area (TPSA) is 49.4 Å². The number of anilines is 2. The summed E-state index contributed by atoms with van der Waals surface area (Å²) in [7, 11) is 0. The van der Waals surface area contributed by atoms with Gasteiger partial charge >= 0.3 is 6.18 Å². The van der Waals surface area contributed by atoms with E-state index in [4.69, 9.17) is 0 Å². The summed E-state index contributed by atoms with van der Waals surface area (Å²) in [5, 5.41) is 2.88. The monoisotopic (exact) mass is 390 g/mol. The van der Waals surface area contributed by atoms with Crippen molar-refractivity contribution in [3.05, 3.63) is 58.7 Å². The lowest BCUT2D eigenvalue weighted by Gasteiger charge is -2.19. The highest BCUT2D eigenvalue weighted by Crippen LogP contribution is 2.34. The van der Waals surface area contributed by atoms with Crippen LogP contribution < -0.4 is 10.2 Å². The Bertz CT molecular complexity index is 914. The van der Waals surface area contributed by atoms with Crippen molar-refractivity contribution in [1.82, 2.24) is 0 Å². The van der Waals surface area contributed by atoms with E-state index >= 15 is 0 Å². The SMILES string of the molecule is Cc1cc(C)c(NC(=O)C2CC(=O)N(c3cccc(C(F)(F)F)c3)C2)c(C)c1. The molecule has 0 radical (unpaired) electrons. The molecule has 1 aliphatic heterocycles. The lowest BCUT2D eigenvalue weighted by Crippen LogP contribution is -2.28. The third-order valence-corrected chi connectivity index (χ3v) is 4.91. The van der Waals surface area contributed by atoms with E-state index in [1.165, 1.54) is 17.0 Å². The number of amides is 2. The first-order valence-electron chi connectivity index (χ1n) is 8.92. The Morgan fingerprint density at radius 3 is 2.36 bits per heavy atom. The number of nitrogens with zero attached hydrogens (tertiary/aromatic N) is 1. The minimum absolute atomic E-state index is 0.0357. The zero-order chi connectivity index (χ0) is 20.6. The van der Waals surface area contributed by atoms with E-state index in [9.17, 15) is 22.8 Å². The Kier molecular flexibility index (Phi) is 5.19. The number of carbonyl (C=O) groups is 2. The van der Waals surface area contributed by atoms with Crippen molar-refractivity contribution < 1.29 is 22.8 Å². The first-order chi connectivity index (χ1) is 13.1. The molecule has 4 nitrogen and oxygen atoms in total.